The molecule has 1 aromatic carbocycles. The number of hydrogen-bond donors (Lipinski definition) is 2. The topological polar surface area (TPSA) is 94.9 Å². The second-order valence-electron chi connectivity index (χ2n) is 5.17. The van der Waals surface area contributed by atoms with Crippen molar-refractivity contribution in [2.45, 2.75) is 24.3 Å². The van der Waals surface area contributed by atoms with Gasteiger partial charge in [-0.25, -0.2) is 9.97 Å². The average molecular weight is 344 g/mol. The predicted molar refractivity (Wildman–Crippen MR) is 95.5 cm³/mol. The van der Waals surface area contributed by atoms with Gasteiger partial charge >= 0.3 is 0 Å². The summed E-state index contributed by atoms with van der Waals surface area (Å²) in [5, 5.41) is 0.811. The summed E-state index contributed by atoms with van der Waals surface area (Å²) >= 11 is 2.80. The summed E-state index contributed by atoms with van der Waals surface area (Å²) < 4.78 is 0. The molecule has 1 amide bonds. The number of nitrogen functional groups attached to an aromatic ring is 1. The zero-order chi connectivity index (χ0) is 16.6. The molecule has 0 spiro atoms. The molecule has 2 heterocycles. The molecule has 1 unspecified atom stereocenters. The summed E-state index contributed by atoms with van der Waals surface area (Å²) in [7, 11) is 0. The lowest BCUT2D eigenvalue weighted by Crippen LogP contribution is -2.19. The maximum Gasteiger partial charge on any atom is 0.235 e. The van der Waals surface area contributed by atoms with Crippen LogP contribution in [-0.4, -0.2) is 15.9 Å². The molecule has 3 aromatic rings. The van der Waals surface area contributed by atoms with E-state index in [1.807, 2.05) is 44.2 Å². The minimum absolute atomic E-state index is 0.429. The highest BCUT2D eigenvalue weighted by atomic mass is 32.2. The number of amides is 1. The van der Waals surface area contributed by atoms with E-state index in [2.05, 4.69) is 9.97 Å². The van der Waals surface area contributed by atoms with Crippen LogP contribution >= 0.6 is 23.1 Å². The van der Waals surface area contributed by atoms with Gasteiger partial charge in [0.05, 0.1) is 5.39 Å². The van der Waals surface area contributed by atoms with E-state index < -0.39 is 11.2 Å². The number of primary amides is 1. The third-order valence-electron chi connectivity index (χ3n) is 3.62. The number of anilines is 1. The third kappa shape index (κ3) is 3.02. The van der Waals surface area contributed by atoms with Crippen molar-refractivity contribution in [3.63, 3.8) is 0 Å². The fraction of sp³-hybridized carbons (Fsp3) is 0.188. The van der Waals surface area contributed by atoms with Gasteiger partial charge in [-0.3, -0.25) is 4.79 Å². The van der Waals surface area contributed by atoms with E-state index >= 15 is 0 Å². The second kappa shape index (κ2) is 6.17. The Morgan fingerprint density at radius 1 is 1.22 bits per heavy atom. The number of aromatic nitrogens is 2. The van der Waals surface area contributed by atoms with Gasteiger partial charge in [-0.1, -0.05) is 42.1 Å². The van der Waals surface area contributed by atoms with Gasteiger partial charge in [0, 0.05) is 4.88 Å². The maximum atomic E-state index is 11.8. The summed E-state index contributed by atoms with van der Waals surface area (Å²) in [5.74, 6) is 0.0117. The molecular weight excluding hydrogens is 328 g/mol. The van der Waals surface area contributed by atoms with Gasteiger partial charge in [-0.05, 0) is 25.0 Å². The van der Waals surface area contributed by atoms with Crippen LogP contribution in [-0.2, 0) is 4.79 Å². The van der Waals surface area contributed by atoms with E-state index in [1.165, 1.54) is 11.8 Å². The largest absolute Gasteiger partial charge is 0.383 e. The van der Waals surface area contributed by atoms with Crippen LogP contribution in [0.3, 0.4) is 0 Å². The molecule has 7 heteroatoms. The number of hydrogen-bond acceptors (Lipinski definition) is 6. The third-order valence-corrected chi connectivity index (χ3v) is 5.85. The molecular formula is C16H16N4OS2. The van der Waals surface area contributed by atoms with Crippen LogP contribution in [0.1, 0.15) is 21.3 Å². The summed E-state index contributed by atoms with van der Waals surface area (Å²) in [6.45, 7) is 4.04. The molecule has 0 aliphatic rings. The number of thioether (sulfide) groups is 1. The first-order valence-electron chi connectivity index (χ1n) is 7.01. The van der Waals surface area contributed by atoms with Crippen molar-refractivity contribution in [3.8, 4) is 0 Å². The van der Waals surface area contributed by atoms with Gasteiger partial charge in [0.2, 0.25) is 5.91 Å². The molecule has 23 heavy (non-hydrogen) atoms. The van der Waals surface area contributed by atoms with Gasteiger partial charge < -0.3 is 11.5 Å². The quantitative estimate of drug-likeness (QED) is 0.560. The summed E-state index contributed by atoms with van der Waals surface area (Å²) in [4.78, 5) is 22.7. The zero-order valence-corrected chi connectivity index (χ0v) is 14.4. The molecule has 0 radical (unpaired) electrons. The van der Waals surface area contributed by atoms with Crippen LogP contribution in [0.2, 0.25) is 0 Å². The van der Waals surface area contributed by atoms with Crippen LogP contribution < -0.4 is 11.5 Å². The lowest BCUT2D eigenvalue weighted by atomic mass is 10.1. The van der Waals surface area contributed by atoms with Crippen LogP contribution in [0.4, 0.5) is 5.82 Å². The Labute approximate surface area is 142 Å². The number of rotatable bonds is 4. The smallest absolute Gasteiger partial charge is 0.235 e. The zero-order valence-electron chi connectivity index (χ0n) is 12.7. The van der Waals surface area contributed by atoms with Gasteiger partial charge in [0.1, 0.15) is 15.9 Å². The van der Waals surface area contributed by atoms with Crippen molar-refractivity contribution in [1.82, 2.24) is 9.97 Å². The highest BCUT2D eigenvalue weighted by Gasteiger charge is 2.22. The molecule has 0 aliphatic heterocycles. The molecule has 118 valence electrons. The number of nitrogens with two attached hydrogens (primary N) is 2. The Balaban J connectivity index is 2.01. The number of nitrogens with zero attached hydrogens (tertiary/aromatic N) is 2. The fourth-order valence-electron chi connectivity index (χ4n) is 2.34. The minimum Gasteiger partial charge on any atom is -0.383 e. The van der Waals surface area contributed by atoms with Crippen LogP contribution in [0.5, 0.6) is 0 Å². The monoisotopic (exact) mass is 344 g/mol. The van der Waals surface area contributed by atoms with Gasteiger partial charge in [-0.15, -0.1) is 11.3 Å². The highest BCUT2D eigenvalue weighted by Crippen LogP contribution is 2.37. The maximum absolute atomic E-state index is 11.8. The normalized spacial score (nSPS) is 12.4. The van der Waals surface area contributed by atoms with Gasteiger partial charge in [0.25, 0.3) is 0 Å². The van der Waals surface area contributed by atoms with Crippen LogP contribution in [0.25, 0.3) is 10.2 Å². The number of aryl methyl sites for hydroxylation is 2. The van der Waals surface area contributed by atoms with Crippen molar-refractivity contribution in [3.05, 3.63) is 46.3 Å². The number of thiophene rings is 1. The molecule has 3 rings (SSSR count). The van der Waals surface area contributed by atoms with Crippen molar-refractivity contribution >= 4 is 45.0 Å². The Morgan fingerprint density at radius 3 is 2.57 bits per heavy atom. The predicted octanol–water partition coefficient (Wildman–Crippen LogP) is 3.21. The van der Waals surface area contributed by atoms with Crippen molar-refractivity contribution < 1.29 is 4.79 Å². The summed E-state index contributed by atoms with van der Waals surface area (Å²) in [6, 6.07) is 9.37. The molecule has 2 aromatic heterocycles. The van der Waals surface area contributed by atoms with Gasteiger partial charge in [-0.2, -0.15) is 0 Å². The number of carbonyl (C=O) groups excluding carboxylic acids is 1. The summed E-state index contributed by atoms with van der Waals surface area (Å²) in [6.07, 6.45) is 0. The average Bonchev–Trinajstić information content (AvgIpc) is 2.80. The number of benzene rings is 1. The number of carbonyl (C=O) groups is 1. The molecule has 4 N–H and O–H groups in total. The highest BCUT2D eigenvalue weighted by molar-refractivity contribution is 8.00. The van der Waals surface area contributed by atoms with Gasteiger partial charge in [0.15, 0.2) is 5.16 Å². The molecule has 0 fully saturated rings. The van der Waals surface area contributed by atoms with E-state index in [-0.39, 0.29) is 0 Å². The Hall–Kier alpha value is -2.12. The van der Waals surface area contributed by atoms with E-state index in [4.69, 9.17) is 11.5 Å². The Kier molecular flexibility index (Phi) is 4.23. The summed E-state index contributed by atoms with van der Waals surface area (Å²) in [5.41, 5.74) is 13.6. The molecule has 0 aliphatic carbocycles. The minimum atomic E-state index is -0.546. The lowest BCUT2D eigenvalue weighted by Gasteiger charge is -2.12. The van der Waals surface area contributed by atoms with E-state index in [1.54, 1.807) is 11.3 Å². The molecule has 0 bridgehead atoms. The standard InChI is InChI=1S/C16H16N4OS2/c1-8-9(2)22-15-11(8)13(17)19-16(20-15)23-12(14(18)21)10-6-4-3-5-7-10/h3-7,12H,1-2H3,(H2,18,21)(H2,17,19,20). The van der Waals surface area contributed by atoms with E-state index in [9.17, 15) is 4.79 Å². The Bertz CT molecular complexity index is 877. The van der Waals surface area contributed by atoms with Crippen molar-refractivity contribution in [1.29, 1.82) is 0 Å². The first kappa shape index (κ1) is 15.8. The molecule has 0 saturated heterocycles. The molecule has 1 atom stereocenters. The van der Waals surface area contributed by atoms with E-state index in [0.29, 0.717) is 11.0 Å². The molecule has 0 saturated carbocycles. The fourth-order valence-corrected chi connectivity index (χ4v) is 4.35. The second-order valence-corrected chi connectivity index (χ2v) is 7.44. The lowest BCUT2D eigenvalue weighted by molar-refractivity contribution is -0.117. The van der Waals surface area contributed by atoms with Crippen LogP contribution in [0.15, 0.2) is 35.5 Å². The number of fused-ring (bicyclic) bond motifs is 1. The first-order valence-corrected chi connectivity index (χ1v) is 8.71. The van der Waals surface area contributed by atoms with Crippen LogP contribution in [0, 0.1) is 13.8 Å². The van der Waals surface area contributed by atoms with Crippen molar-refractivity contribution in [2.24, 2.45) is 5.73 Å². The SMILES string of the molecule is Cc1sc2nc(SC(C(N)=O)c3ccccc3)nc(N)c2c1C. The first-order chi connectivity index (χ1) is 11.0. The molecule has 5 nitrogen and oxygen atoms in total. The van der Waals surface area contributed by atoms with Crippen molar-refractivity contribution in [2.75, 3.05) is 5.73 Å². The van der Waals surface area contributed by atoms with E-state index in [0.717, 1.165) is 26.2 Å². The Morgan fingerprint density at radius 2 is 1.91 bits per heavy atom.